The highest BCUT2D eigenvalue weighted by molar-refractivity contribution is 7.53. The first-order chi connectivity index (χ1) is 34.5. The Morgan fingerprint density at radius 2 is 1.59 bits per heavy atom. The molecule has 17 nitrogen and oxygen atoms in total. The fraction of sp³-hybridized carbons (Fsp3) is 0.764. The number of nitrogens with zero attached hydrogens (tertiary/aromatic N) is 1. The topological polar surface area (TPSA) is 220 Å². The van der Waals surface area contributed by atoms with E-state index in [1.807, 2.05) is 58.1 Å². The van der Waals surface area contributed by atoms with Crippen LogP contribution < -0.4 is 0 Å². The van der Waals surface area contributed by atoms with Crippen molar-refractivity contribution in [2.45, 2.75) is 180 Å². The molecular formula is C55H88NO16P. The molecule has 4 aliphatic rings. The van der Waals surface area contributed by atoms with Crippen LogP contribution in [0.3, 0.4) is 0 Å². The zero-order valence-electron chi connectivity index (χ0n) is 45.7. The normalized spacial score (nSPS) is 35.9. The van der Waals surface area contributed by atoms with Crippen LogP contribution in [0.4, 0.5) is 0 Å². The largest absolute Gasteiger partial charge is 0.460 e. The summed E-state index contributed by atoms with van der Waals surface area (Å²) < 4.78 is 59.5. The molecule has 3 aliphatic heterocycles. The van der Waals surface area contributed by atoms with Crippen molar-refractivity contribution in [2.75, 3.05) is 54.9 Å². The summed E-state index contributed by atoms with van der Waals surface area (Å²) in [5, 5.41) is 23.6. The Labute approximate surface area is 434 Å². The van der Waals surface area contributed by atoms with E-state index in [4.69, 9.17) is 37.5 Å². The average molecular weight is 1050 g/mol. The number of Topliss-reactive ketones (excluding diaryl/α,β-unsaturated/α-hetero) is 3. The predicted octanol–water partition coefficient (Wildman–Crippen LogP) is 7.69. The number of cyclic esters (lactones) is 1. The number of aliphatic hydroxyl groups excluding tert-OH is 1. The number of piperidine rings is 1. The first kappa shape index (κ1) is 62.3. The van der Waals surface area contributed by atoms with Gasteiger partial charge in [0.1, 0.15) is 18.2 Å². The van der Waals surface area contributed by atoms with E-state index < -0.39 is 103 Å². The number of carbonyl (C=O) groups excluding carboxylic acids is 5. The average Bonchev–Trinajstić information content (AvgIpc) is 3.35. The van der Waals surface area contributed by atoms with Crippen LogP contribution in [-0.4, -0.2) is 154 Å². The molecule has 0 aromatic carbocycles. The minimum absolute atomic E-state index is 0.00548. The summed E-state index contributed by atoms with van der Waals surface area (Å²) in [5.74, 6) is -8.31. The smallest absolute Gasteiger partial charge is 0.329 e. The molecule has 2 N–H and O–H groups in total. The number of aliphatic hydroxyl groups is 2. The number of amides is 1. The summed E-state index contributed by atoms with van der Waals surface area (Å²) in [5.41, 5.74) is 1.16. The second-order valence-corrected chi connectivity index (χ2v) is 23.3. The summed E-state index contributed by atoms with van der Waals surface area (Å²) in [4.78, 5) is 72.5. The van der Waals surface area contributed by atoms with Crippen LogP contribution in [0.5, 0.6) is 0 Å². The van der Waals surface area contributed by atoms with E-state index in [9.17, 15) is 38.8 Å². The van der Waals surface area contributed by atoms with Crippen molar-refractivity contribution in [2.24, 2.45) is 35.5 Å². The summed E-state index contributed by atoms with van der Waals surface area (Å²) in [6.07, 6.45) is 10.6. The van der Waals surface area contributed by atoms with Gasteiger partial charge < -0.3 is 52.6 Å². The van der Waals surface area contributed by atoms with Crippen LogP contribution in [0.2, 0.25) is 0 Å². The maximum atomic E-state index is 14.6. The van der Waals surface area contributed by atoms with Crippen molar-refractivity contribution >= 4 is 36.8 Å². The highest BCUT2D eigenvalue weighted by atomic mass is 31.2. The first-order valence-corrected chi connectivity index (χ1v) is 28.4. The van der Waals surface area contributed by atoms with Gasteiger partial charge in [-0.2, -0.15) is 0 Å². The third kappa shape index (κ3) is 17.7. The first-order valence-electron chi connectivity index (χ1n) is 26.4. The van der Waals surface area contributed by atoms with Gasteiger partial charge in [0.05, 0.1) is 43.7 Å². The number of ketones is 3. The third-order valence-electron chi connectivity index (χ3n) is 15.4. The van der Waals surface area contributed by atoms with E-state index in [1.54, 1.807) is 41.1 Å². The fourth-order valence-electron chi connectivity index (χ4n) is 10.8. The molecule has 2 unspecified atom stereocenters. The van der Waals surface area contributed by atoms with Gasteiger partial charge >= 0.3 is 13.6 Å². The van der Waals surface area contributed by atoms with Gasteiger partial charge in [0, 0.05) is 72.2 Å². The van der Waals surface area contributed by atoms with Gasteiger partial charge in [-0.1, -0.05) is 71.1 Å². The fourth-order valence-corrected chi connectivity index (χ4v) is 12.0. The number of fused-ring (bicyclic) bond motifs is 3. The molecule has 0 aromatic rings. The molecule has 18 heteroatoms. The summed E-state index contributed by atoms with van der Waals surface area (Å²) >= 11 is 0. The molecule has 414 valence electrons. The quantitative estimate of drug-likeness (QED) is 0.0828. The van der Waals surface area contributed by atoms with Crippen molar-refractivity contribution in [3.8, 4) is 0 Å². The molecule has 1 amide bonds. The summed E-state index contributed by atoms with van der Waals surface area (Å²) in [7, 11) is 2.61. The Kier molecular flexibility index (Phi) is 25.0. The van der Waals surface area contributed by atoms with Gasteiger partial charge in [0.15, 0.2) is 11.6 Å². The number of rotatable bonds is 12. The van der Waals surface area contributed by atoms with Crippen LogP contribution in [0.1, 0.15) is 126 Å². The second kappa shape index (κ2) is 29.3. The van der Waals surface area contributed by atoms with Crippen LogP contribution in [0.15, 0.2) is 47.6 Å². The van der Waals surface area contributed by atoms with E-state index >= 15 is 0 Å². The van der Waals surface area contributed by atoms with Gasteiger partial charge in [-0.05, 0) is 107 Å². The number of carbonyl (C=O) groups is 5. The van der Waals surface area contributed by atoms with Gasteiger partial charge in [-0.25, -0.2) is 4.79 Å². The predicted molar refractivity (Wildman–Crippen MR) is 275 cm³/mol. The lowest BCUT2D eigenvalue weighted by Crippen LogP contribution is -2.61. The molecule has 4 rings (SSSR count). The number of ether oxygens (including phenoxy) is 6. The molecule has 2 saturated heterocycles. The van der Waals surface area contributed by atoms with E-state index in [0.29, 0.717) is 64.2 Å². The molecule has 0 aromatic heterocycles. The second-order valence-electron chi connectivity index (χ2n) is 21.3. The molecule has 1 aliphatic carbocycles. The zero-order valence-corrected chi connectivity index (χ0v) is 46.6. The lowest BCUT2D eigenvalue weighted by Gasteiger charge is -2.42. The minimum atomic E-state index is -3.43. The van der Waals surface area contributed by atoms with Crippen LogP contribution in [0.25, 0.3) is 0 Å². The number of esters is 1. The van der Waals surface area contributed by atoms with Crippen LogP contribution in [0, 0.1) is 35.5 Å². The van der Waals surface area contributed by atoms with Crippen molar-refractivity contribution in [1.82, 2.24) is 4.90 Å². The van der Waals surface area contributed by atoms with E-state index in [-0.39, 0.29) is 61.6 Å². The van der Waals surface area contributed by atoms with Crippen molar-refractivity contribution in [3.63, 3.8) is 0 Å². The van der Waals surface area contributed by atoms with Crippen molar-refractivity contribution in [3.05, 3.63) is 47.6 Å². The van der Waals surface area contributed by atoms with Gasteiger partial charge in [-0.3, -0.25) is 23.7 Å². The van der Waals surface area contributed by atoms with E-state index in [1.165, 1.54) is 25.8 Å². The van der Waals surface area contributed by atoms with E-state index in [2.05, 4.69) is 0 Å². The zero-order chi connectivity index (χ0) is 54.2. The minimum Gasteiger partial charge on any atom is -0.460 e. The Morgan fingerprint density at radius 1 is 0.863 bits per heavy atom. The molecule has 73 heavy (non-hydrogen) atoms. The third-order valence-corrected chi connectivity index (χ3v) is 16.7. The highest BCUT2D eigenvalue weighted by Crippen LogP contribution is 2.48. The molecule has 1 saturated carbocycles. The number of allylic oxidation sites excluding steroid dienone is 6. The standard InChI is InChI=1S/C55H88NO16P/c1-34-18-14-13-15-19-35(2)46(66-9)32-42-23-21-40(7)55(63,71-42)52(60)53(61)56-25-17-16-20-43(56)54(62)70-47(33-44(57)36(3)29-39(6)50(59)51(68-11)49(58)38(5)28-34)37(4)30-41-22-24-45(48(31-41)67-10)72-73(12,64)69-27-26-65-8/h13-15,18-19,29,34,37-43,45-48,50-51,59,63H,16-17,20-28,30-33H2,1-12H3/t34-,37-,38-,39?,40-,41+,42+,43+,45-,46+,47+,48-,50-,51+,55-,73?/m1/s1. The number of hydrogen-bond acceptors (Lipinski definition) is 16. The van der Waals surface area contributed by atoms with Crippen LogP contribution in [-0.2, 0) is 66.0 Å². The maximum Gasteiger partial charge on any atom is 0.329 e. The summed E-state index contributed by atoms with van der Waals surface area (Å²) in [6, 6.07) is -1.18. The lowest BCUT2D eigenvalue weighted by atomic mass is 9.78. The molecule has 0 radical (unpaired) electrons. The van der Waals surface area contributed by atoms with Crippen LogP contribution >= 0.6 is 7.60 Å². The Bertz CT molecular complexity index is 2020. The number of hydrogen-bond donors (Lipinski definition) is 2. The van der Waals surface area contributed by atoms with Gasteiger partial charge in [0.2, 0.25) is 5.79 Å². The van der Waals surface area contributed by atoms with E-state index in [0.717, 1.165) is 5.57 Å². The monoisotopic (exact) mass is 1050 g/mol. The Hall–Kier alpha value is -3.22. The molecule has 3 fully saturated rings. The maximum absolute atomic E-state index is 14.6. The summed E-state index contributed by atoms with van der Waals surface area (Å²) in [6.45, 7) is 14.5. The molecular weight excluding hydrogens is 962 g/mol. The Morgan fingerprint density at radius 3 is 2.26 bits per heavy atom. The molecule has 0 spiro atoms. The SMILES string of the molecule is COCCOP(C)(=O)O[C@@H]1CC[C@@H](C[C@@H](C)[C@@H]2CC(=O)C(C)=CC(C)[C@@H](O)[C@@H](OC)C(=O)[C@H](C)C[C@H](C)C=CC=CC=C(C)[C@@H](OC)C[C@@H]3CC[C@@H](C)[C@@](O)(O3)C(=O)C(=O)N3CCCC[C@H]3C(=O)O2)C[C@H]1OC. The van der Waals surface area contributed by atoms with Gasteiger partial charge in [-0.15, -0.1) is 0 Å². The van der Waals surface area contributed by atoms with Gasteiger partial charge in [0.25, 0.3) is 11.7 Å². The molecule has 16 atom stereocenters. The number of methoxy groups -OCH3 is 4. The Balaban J connectivity index is 1.68. The molecule has 2 bridgehead atoms. The lowest BCUT2D eigenvalue weighted by molar-refractivity contribution is -0.265. The highest BCUT2D eigenvalue weighted by Gasteiger charge is 2.53. The molecule has 3 heterocycles. The van der Waals surface area contributed by atoms with Crippen molar-refractivity contribution in [1.29, 1.82) is 0 Å². The van der Waals surface area contributed by atoms with Crippen molar-refractivity contribution < 1.29 is 76.2 Å².